The van der Waals surface area contributed by atoms with E-state index in [0.29, 0.717) is 5.02 Å². The van der Waals surface area contributed by atoms with Gasteiger partial charge in [-0.05, 0) is 52.7 Å². The minimum absolute atomic E-state index is 0.717. The average molecular weight is 358 g/mol. The van der Waals surface area contributed by atoms with Crippen LogP contribution in [0.25, 0.3) is 32.7 Å². The van der Waals surface area contributed by atoms with Crippen LogP contribution < -0.4 is 5.32 Å². The second-order valence-corrected chi connectivity index (χ2v) is 6.88. The van der Waals surface area contributed by atoms with Gasteiger partial charge in [0, 0.05) is 28.0 Å². The molecule has 5 aromatic rings. The molecule has 0 bridgehead atoms. The summed E-state index contributed by atoms with van der Waals surface area (Å²) >= 11 is 6.16. The van der Waals surface area contributed by atoms with Crippen molar-refractivity contribution < 1.29 is 4.42 Å². The van der Waals surface area contributed by atoms with Gasteiger partial charge < -0.3 is 9.73 Å². The zero-order chi connectivity index (χ0) is 17.5. The van der Waals surface area contributed by atoms with Crippen LogP contribution in [-0.2, 0) is 6.54 Å². The molecule has 2 nitrogen and oxygen atoms in total. The molecule has 0 aliphatic heterocycles. The summed E-state index contributed by atoms with van der Waals surface area (Å²) in [5.41, 5.74) is 4.07. The maximum atomic E-state index is 6.16. The summed E-state index contributed by atoms with van der Waals surface area (Å²) < 4.78 is 5.90. The van der Waals surface area contributed by atoms with E-state index in [9.17, 15) is 0 Å². The number of hydrogen-bond donors (Lipinski definition) is 1. The standard InChI is InChI=1S/C23H16ClNO/c24-17-8-10-22-20(12-17)21-13-18(9-11-23(21)26-22)25-14-16-6-3-5-15-4-1-2-7-19(15)16/h1-13,25H,14H2. The molecule has 1 aromatic heterocycles. The fourth-order valence-electron chi connectivity index (χ4n) is 3.50. The molecule has 0 fully saturated rings. The Morgan fingerprint density at radius 3 is 2.42 bits per heavy atom. The van der Waals surface area contributed by atoms with E-state index in [-0.39, 0.29) is 0 Å². The molecule has 0 aliphatic rings. The van der Waals surface area contributed by atoms with Crippen molar-refractivity contribution in [2.24, 2.45) is 0 Å². The summed E-state index contributed by atoms with van der Waals surface area (Å²) in [6, 6.07) is 26.8. The molecule has 126 valence electrons. The normalized spacial score (nSPS) is 11.4. The van der Waals surface area contributed by atoms with Crippen LogP contribution in [0.5, 0.6) is 0 Å². The molecular formula is C23H16ClNO. The number of furan rings is 1. The molecule has 0 amide bonds. The Hall–Kier alpha value is -2.97. The van der Waals surface area contributed by atoms with Crippen molar-refractivity contribution in [3.05, 3.63) is 89.4 Å². The Kier molecular flexibility index (Phi) is 3.58. The van der Waals surface area contributed by atoms with E-state index in [1.165, 1.54) is 16.3 Å². The van der Waals surface area contributed by atoms with E-state index in [4.69, 9.17) is 16.0 Å². The first kappa shape index (κ1) is 15.3. The van der Waals surface area contributed by atoms with Gasteiger partial charge in [0.25, 0.3) is 0 Å². The summed E-state index contributed by atoms with van der Waals surface area (Å²) in [6.45, 7) is 0.767. The van der Waals surface area contributed by atoms with Crippen molar-refractivity contribution in [2.45, 2.75) is 6.54 Å². The lowest BCUT2D eigenvalue weighted by Gasteiger charge is -2.09. The molecule has 0 aliphatic carbocycles. The summed E-state index contributed by atoms with van der Waals surface area (Å²) in [6.07, 6.45) is 0. The molecule has 0 saturated heterocycles. The van der Waals surface area contributed by atoms with E-state index in [1.807, 2.05) is 24.3 Å². The van der Waals surface area contributed by atoms with Crippen molar-refractivity contribution in [3.8, 4) is 0 Å². The Morgan fingerprint density at radius 2 is 1.50 bits per heavy atom. The van der Waals surface area contributed by atoms with Gasteiger partial charge in [0.1, 0.15) is 11.2 Å². The molecule has 3 heteroatoms. The molecule has 0 radical (unpaired) electrons. The lowest BCUT2D eigenvalue weighted by Crippen LogP contribution is -1.99. The summed E-state index contributed by atoms with van der Waals surface area (Å²) in [5, 5.41) is 8.92. The zero-order valence-electron chi connectivity index (χ0n) is 14.0. The number of hydrogen-bond acceptors (Lipinski definition) is 2. The fraction of sp³-hybridized carbons (Fsp3) is 0.0435. The van der Waals surface area contributed by atoms with E-state index in [0.717, 1.165) is 34.2 Å². The number of anilines is 1. The van der Waals surface area contributed by atoms with Gasteiger partial charge in [0.05, 0.1) is 0 Å². The van der Waals surface area contributed by atoms with Gasteiger partial charge in [-0.1, -0.05) is 54.1 Å². The third-order valence-electron chi connectivity index (χ3n) is 4.79. The van der Waals surface area contributed by atoms with E-state index >= 15 is 0 Å². The van der Waals surface area contributed by atoms with Crippen LogP contribution >= 0.6 is 11.6 Å². The van der Waals surface area contributed by atoms with Gasteiger partial charge >= 0.3 is 0 Å². The molecule has 0 atom stereocenters. The first-order valence-electron chi connectivity index (χ1n) is 8.60. The summed E-state index contributed by atoms with van der Waals surface area (Å²) in [5.74, 6) is 0. The highest BCUT2D eigenvalue weighted by atomic mass is 35.5. The van der Waals surface area contributed by atoms with Crippen molar-refractivity contribution in [3.63, 3.8) is 0 Å². The van der Waals surface area contributed by atoms with Crippen LogP contribution in [0.2, 0.25) is 5.02 Å². The van der Waals surface area contributed by atoms with Crippen molar-refractivity contribution >= 4 is 50.0 Å². The van der Waals surface area contributed by atoms with Crippen LogP contribution in [0.1, 0.15) is 5.56 Å². The molecule has 5 rings (SSSR count). The molecule has 1 heterocycles. The largest absolute Gasteiger partial charge is 0.456 e. The second kappa shape index (κ2) is 6.08. The van der Waals surface area contributed by atoms with Gasteiger partial charge in [-0.3, -0.25) is 0 Å². The first-order chi connectivity index (χ1) is 12.8. The quantitative estimate of drug-likeness (QED) is 0.376. The van der Waals surface area contributed by atoms with E-state index in [1.54, 1.807) is 0 Å². The molecule has 0 spiro atoms. The topological polar surface area (TPSA) is 25.2 Å². The number of fused-ring (bicyclic) bond motifs is 4. The first-order valence-corrected chi connectivity index (χ1v) is 8.98. The van der Waals surface area contributed by atoms with Gasteiger partial charge in [-0.15, -0.1) is 0 Å². The molecule has 4 aromatic carbocycles. The number of benzene rings is 4. The van der Waals surface area contributed by atoms with Crippen LogP contribution in [0.4, 0.5) is 5.69 Å². The third-order valence-corrected chi connectivity index (χ3v) is 5.03. The lowest BCUT2D eigenvalue weighted by atomic mass is 10.0. The minimum atomic E-state index is 0.717. The van der Waals surface area contributed by atoms with Gasteiger partial charge in [-0.2, -0.15) is 0 Å². The maximum absolute atomic E-state index is 6.16. The van der Waals surface area contributed by atoms with Crippen LogP contribution in [0.15, 0.2) is 83.3 Å². The molecule has 1 N–H and O–H groups in total. The van der Waals surface area contributed by atoms with Crippen molar-refractivity contribution in [1.82, 2.24) is 0 Å². The average Bonchev–Trinajstić information content (AvgIpc) is 3.03. The lowest BCUT2D eigenvalue weighted by molar-refractivity contribution is 0.669. The van der Waals surface area contributed by atoms with Gasteiger partial charge in [-0.25, -0.2) is 0 Å². The fourth-order valence-corrected chi connectivity index (χ4v) is 3.68. The number of nitrogens with one attached hydrogen (secondary N) is 1. The summed E-state index contributed by atoms with van der Waals surface area (Å²) in [7, 11) is 0. The summed E-state index contributed by atoms with van der Waals surface area (Å²) in [4.78, 5) is 0. The highest BCUT2D eigenvalue weighted by molar-refractivity contribution is 6.31. The Balaban J connectivity index is 1.51. The number of rotatable bonds is 3. The SMILES string of the molecule is Clc1ccc2oc3ccc(NCc4cccc5ccccc45)cc3c2c1. The molecular weight excluding hydrogens is 342 g/mol. The van der Waals surface area contributed by atoms with Crippen LogP contribution in [0.3, 0.4) is 0 Å². The Morgan fingerprint density at radius 1 is 0.731 bits per heavy atom. The predicted molar refractivity (Wildman–Crippen MR) is 110 cm³/mol. The van der Waals surface area contributed by atoms with Gasteiger partial charge in [0.2, 0.25) is 0 Å². The highest BCUT2D eigenvalue weighted by Crippen LogP contribution is 2.32. The maximum Gasteiger partial charge on any atom is 0.135 e. The van der Waals surface area contributed by atoms with Crippen molar-refractivity contribution in [1.29, 1.82) is 0 Å². The van der Waals surface area contributed by atoms with Crippen LogP contribution in [0, 0.1) is 0 Å². The van der Waals surface area contributed by atoms with Crippen molar-refractivity contribution in [2.75, 3.05) is 5.32 Å². The highest BCUT2D eigenvalue weighted by Gasteiger charge is 2.08. The van der Waals surface area contributed by atoms with Gasteiger partial charge in [0.15, 0.2) is 0 Å². The van der Waals surface area contributed by atoms with Crippen LogP contribution in [-0.4, -0.2) is 0 Å². The Bertz CT molecular complexity index is 1250. The van der Waals surface area contributed by atoms with E-state index < -0.39 is 0 Å². The molecule has 0 unspecified atom stereocenters. The zero-order valence-corrected chi connectivity index (χ0v) is 14.8. The van der Waals surface area contributed by atoms with E-state index in [2.05, 4.69) is 59.9 Å². The predicted octanol–water partition coefficient (Wildman–Crippen LogP) is 7.00. The smallest absolute Gasteiger partial charge is 0.135 e. The second-order valence-electron chi connectivity index (χ2n) is 6.45. The molecule has 26 heavy (non-hydrogen) atoms. The third kappa shape index (κ3) is 2.59. The Labute approximate surface area is 156 Å². The molecule has 0 saturated carbocycles. The monoisotopic (exact) mass is 357 g/mol. The minimum Gasteiger partial charge on any atom is -0.456 e. The number of halogens is 1.